The Balaban J connectivity index is 2.40. The quantitative estimate of drug-likeness (QED) is 0.799. The second-order valence-electron chi connectivity index (χ2n) is 3.94. The molecule has 0 saturated heterocycles. The first kappa shape index (κ1) is 12.6. The van der Waals surface area contributed by atoms with Crippen LogP contribution >= 0.6 is 11.6 Å². The van der Waals surface area contributed by atoms with Gasteiger partial charge < -0.3 is 11.1 Å². The van der Waals surface area contributed by atoms with Crippen molar-refractivity contribution in [3.8, 4) is 0 Å². The number of anilines is 3. The van der Waals surface area contributed by atoms with Crippen LogP contribution in [0.15, 0.2) is 30.3 Å². The molecule has 0 amide bonds. The number of benzene rings is 2. The van der Waals surface area contributed by atoms with Crippen LogP contribution in [-0.4, -0.2) is 0 Å². The fourth-order valence-electron chi connectivity index (χ4n) is 1.54. The van der Waals surface area contributed by atoms with Crippen molar-refractivity contribution in [2.75, 3.05) is 11.1 Å². The summed E-state index contributed by atoms with van der Waals surface area (Å²) in [5, 5.41) is 3.20. The predicted octanol–water partition coefficient (Wildman–Crippen LogP) is 4.25. The van der Waals surface area contributed by atoms with E-state index in [-0.39, 0.29) is 11.4 Å². The molecule has 3 N–H and O–H groups in total. The van der Waals surface area contributed by atoms with Gasteiger partial charge in [0.05, 0.1) is 17.1 Å². The molecule has 2 nitrogen and oxygen atoms in total. The standard InChI is InChI=1S/C13H11ClF2N2/c1-7-4-13(11(17)6-10(7)16)18-12-5-8(14)2-3-9(12)15/h2-6,18H,17H2,1H3. The maximum absolute atomic E-state index is 13.5. The molecule has 0 aliphatic heterocycles. The Morgan fingerprint density at radius 1 is 1.06 bits per heavy atom. The van der Waals surface area contributed by atoms with Crippen LogP contribution in [0.25, 0.3) is 0 Å². The highest BCUT2D eigenvalue weighted by Gasteiger charge is 2.08. The van der Waals surface area contributed by atoms with Crippen molar-refractivity contribution in [2.24, 2.45) is 0 Å². The van der Waals surface area contributed by atoms with Crippen molar-refractivity contribution in [2.45, 2.75) is 6.92 Å². The molecular formula is C13H11ClF2N2. The summed E-state index contributed by atoms with van der Waals surface area (Å²) in [6, 6.07) is 6.85. The molecule has 0 aliphatic rings. The van der Waals surface area contributed by atoms with Gasteiger partial charge in [-0.2, -0.15) is 0 Å². The summed E-state index contributed by atoms with van der Waals surface area (Å²) in [4.78, 5) is 0. The summed E-state index contributed by atoms with van der Waals surface area (Å²) in [5.41, 5.74) is 6.93. The third-order valence-corrected chi connectivity index (χ3v) is 2.76. The van der Waals surface area contributed by atoms with Crippen molar-refractivity contribution in [1.82, 2.24) is 0 Å². The largest absolute Gasteiger partial charge is 0.397 e. The highest BCUT2D eigenvalue weighted by Crippen LogP contribution is 2.28. The van der Waals surface area contributed by atoms with Gasteiger partial charge in [-0.1, -0.05) is 11.6 Å². The second-order valence-corrected chi connectivity index (χ2v) is 4.37. The number of hydrogen-bond acceptors (Lipinski definition) is 2. The molecule has 18 heavy (non-hydrogen) atoms. The van der Waals surface area contributed by atoms with Crippen LogP contribution in [-0.2, 0) is 0 Å². The number of nitrogen functional groups attached to an aromatic ring is 1. The molecule has 0 fully saturated rings. The van der Waals surface area contributed by atoms with Crippen molar-refractivity contribution < 1.29 is 8.78 Å². The summed E-state index contributed by atoms with van der Waals surface area (Å²) >= 11 is 5.78. The molecule has 0 heterocycles. The second kappa shape index (κ2) is 4.82. The first-order valence-electron chi connectivity index (χ1n) is 5.25. The molecule has 94 valence electrons. The van der Waals surface area contributed by atoms with Crippen molar-refractivity contribution in [3.05, 3.63) is 52.6 Å². The average molecular weight is 269 g/mol. The van der Waals surface area contributed by atoms with Gasteiger partial charge in [0.2, 0.25) is 0 Å². The Bertz CT molecular complexity index is 600. The predicted molar refractivity (Wildman–Crippen MR) is 70.2 cm³/mol. The summed E-state index contributed by atoms with van der Waals surface area (Å²) in [6.45, 7) is 1.61. The highest BCUT2D eigenvalue weighted by atomic mass is 35.5. The fraction of sp³-hybridized carbons (Fsp3) is 0.0769. The molecule has 0 unspecified atom stereocenters. The SMILES string of the molecule is Cc1cc(Nc2cc(Cl)ccc2F)c(N)cc1F. The van der Waals surface area contributed by atoms with Gasteiger partial charge in [0.25, 0.3) is 0 Å². The summed E-state index contributed by atoms with van der Waals surface area (Å²) < 4.78 is 26.8. The molecule has 0 bridgehead atoms. The van der Waals surface area contributed by atoms with Crippen LogP contribution in [0.5, 0.6) is 0 Å². The average Bonchev–Trinajstić information content (AvgIpc) is 2.30. The zero-order valence-electron chi connectivity index (χ0n) is 9.60. The molecule has 0 saturated carbocycles. The normalized spacial score (nSPS) is 10.4. The molecular weight excluding hydrogens is 258 g/mol. The van der Waals surface area contributed by atoms with E-state index in [4.69, 9.17) is 17.3 Å². The number of nitrogens with two attached hydrogens (primary N) is 1. The zero-order chi connectivity index (χ0) is 13.3. The summed E-state index contributed by atoms with van der Waals surface area (Å²) in [6.07, 6.45) is 0. The van der Waals surface area contributed by atoms with Crippen molar-refractivity contribution >= 4 is 28.7 Å². The molecule has 0 aliphatic carbocycles. The van der Waals surface area contributed by atoms with E-state index in [1.807, 2.05) is 0 Å². The maximum Gasteiger partial charge on any atom is 0.146 e. The van der Waals surface area contributed by atoms with Gasteiger partial charge >= 0.3 is 0 Å². The van der Waals surface area contributed by atoms with E-state index in [2.05, 4.69) is 5.32 Å². The summed E-state index contributed by atoms with van der Waals surface area (Å²) in [5.74, 6) is -0.856. The topological polar surface area (TPSA) is 38.0 Å². The van der Waals surface area contributed by atoms with Crippen LogP contribution in [0, 0.1) is 18.6 Å². The minimum absolute atomic E-state index is 0.195. The maximum atomic E-state index is 13.5. The lowest BCUT2D eigenvalue weighted by molar-refractivity contribution is 0.619. The van der Waals surface area contributed by atoms with E-state index in [0.717, 1.165) is 0 Å². The Morgan fingerprint density at radius 2 is 1.78 bits per heavy atom. The van der Waals surface area contributed by atoms with E-state index < -0.39 is 11.6 Å². The third-order valence-electron chi connectivity index (χ3n) is 2.53. The molecule has 2 aromatic rings. The van der Waals surface area contributed by atoms with E-state index in [1.54, 1.807) is 6.92 Å². The third kappa shape index (κ3) is 2.54. The minimum Gasteiger partial charge on any atom is -0.397 e. The lowest BCUT2D eigenvalue weighted by atomic mass is 10.1. The smallest absolute Gasteiger partial charge is 0.146 e. The van der Waals surface area contributed by atoms with E-state index in [0.29, 0.717) is 16.3 Å². The molecule has 2 rings (SSSR count). The lowest BCUT2D eigenvalue weighted by Crippen LogP contribution is -2.00. The number of aryl methyl sites for hydroxylation is 1. The molecule has 0 aromatic heterocycles. The molecule has 0 spiro atoms. The number of halogens is 3. The van der Waals surface area contributed by atoms with Gasteiger partial charge in [-0.3, -0.25) is 0 Å². The highest BCUT2D eigenvalue weighted by molar-refractivity contribution is 6.30. The van der Waals surface area contributed by atoms with Gasteiger partial charge in [0.15, 0.2) is 0 Å². The minimum atomic E-state index is -0.458. The van der Waals surface area contributed by atoms with Gasteiger partial charge in [-0.15, -0.1) is 0 Å². The van der Waals surface area contributed by atoms with Gasteiger partial charge in [0.1, 0.15) is 11.6 Å². The Labute approximate surface area is 108 Å². The van der Waals surface area contributed by atoms with Crippen LogP contribution in [0.3, 0.4) is 0 Å². The van der Waals surface area contributed by atoms with E-state index in [1.165, 1.54) is 30.3 Å². The van der Waals surface area contributed by atoms with E-state index >= 15 is 0 Å². The first-order chi connectivity index (χ1) is 8.47. The fourth-order valence-corrected chi connectivity index (χ4v) is 1.72. The Hall–Kier alpha value is -1.81. The van der Waals surface area contributed by atoms with Crippen LogP contribution in [0.4, 0.5) is 25.8 Å². The summed E-state index contributed by atoms with van der Waals surface area (Å²) in [7, 11) is 0. The van der Waals surface area contributed by atoms with E-state index in [9.17, 15) is 8.78 Å². The number of hydrogen-bond donors (Lipinski definition) is 2. The van der Waals surface area contributed by atoms with Crippen LogP contribution in [0.2, 0.25) is 5.02 Å². The Kier molecular flexibility index (Phi) is 3.39. The first-order valence-corrected chi connectivity index (χ1v) is 5.63. The number of nitrogens with one attached hydrogen (secondary N) is 1. The zero-order valence-corrected chi connectivity index (χ0v) is 10.4. The molecule has 0 radical (unpaired) electrons. The Morgan fingerprint density at radius 3 is 2.50 bits per heavy atom. The monoisotopic (exact) mass is 268 g/mol. The van der Waals surface area contributed by atoms with Crippen LogP contribution in [0.1, 0.15) is 5.56 Å². The van der Waals surface area contributed by atoms with Crippen molar-refractivity contribution in [1.29, 1.82) is 0 Å². The molecule has 2 aromatic carbocycles. The number of rotatable bonds is 2. The van der Waals surface area contributed by atoms with Gasteiger partial charge in [-0.05, 0) is 42.8 Å². The van der Waals surface area contributed by atoms with Crippen molar-refractivity contribution in [3.63, 3.8) is 0 Å². The van der Waals surface area contributed by atoms with Gasteiger partial charge in [0, 0.05) is 5.02 Å². The van der Waals surface area contributed by atoms with Gasteiger partial charge in [-0.25, -0.2) is 8.78 Å². The molecule has 0 atom stereocenters. The van der Waals surface area contributed by atoms with Crippen LogP contribution < -0.4 is 11.1 Å². The molecule has 5 heteroatoms. The lowest BCUT2D eigenvalue weighted by Gasteiger charge is -2.12.